The van der Waals surface area contributed by atoms with Crippen molar-refractivity contribution in [3.63, 3.8) is 0 Å². The normalized spacial score (nSPS) is 10.6. The topological polar surface area (TPSA) is 17.8 Å². The van der Waals surface area contributed by atoms with Crippen molar-refractivity contribution in [1.29, 1.82) is 0 Å². The Kier molecular flexibility index (Phi) is 4.02. The van der Waals surface area contributed by atoms with Crippen LogP contribution in [-0.4, -0.2) is 15.1 Å². The minimum absolute atomic E-state index is 0.720. The molecule has 0 spiro atoms. The maximum absolute atomic E-state index is 6.10. The lowest BCUT2D eigenvalue weighted by atomic mass is 10.2. The summed E-state index contributed by atoms with van der Waals surface area (Å²) in [5.74, 6) is 0. The zero-order valence-corrected chi connectivity index (χ0v) is 11.1. The molecule has 0 atom stereocenters. The third-order valence-electron chi connectivity index (χ3n) is 2.33. The molecule has 0 saturated heterocycles. The lowest BCUT2D eigenvalue weighted by Gasteiger charge is -2.02. The molecule has 16 heavy (non-hydrogen) atoms. The Hall–Kier alpha value is -0.800. The molecule has 0 unspecified atom stereocenters. The highest BCUT2D eigenvalue weighted by Gasteiger charge is 2.03. The molecule has 0 radical (unpaired) electrons. The van der Waals surface area contributed by atoms with Gasteiger partial charge in [0.15, 0.2) is 0 Å². The summed E-state index contributed by atoms with van der Waals surface area (Å²) in [4.78, 5) is 0. The number of nitrogens with zero attached hydrogens (tertiary/aromatic N) is 2. The summed E-state index contributed by atoms with van der Waals surface area (Å²) in [6, 6.07) is 7.71. The first-order valence-corrected chi connectivity index (χ1v) is 6.65. The van der Waals surface area contributed by atoms with E-state index in [1.807, 2.05) is 41.3 Å². The largest absolute Gasteiger partial charge is 0.239 e. The zero-order chi connectivity index (χ0) is 11.4. The van der Waals surface area contributed by atoms with Gasteiger partial charge in [-0.25, -0.2) is 4.68 Å². The van der Waals surface area contributed by atoms with Crippen molar-refractivity contribution in [1.82, 2.24) is 9.78 Å². The second-order valence-corrected chi connectivity index (χ2v) is 4.74. The van der Waals surface area contributed by atoms with Gasteiger partial charge in [0, 0.05) is 11.5 Å². The summed E-state index contributed by atoms with van der Waals surface area (Å²) < 4.78 is 1.83. The van der Waals surface area contributed by atoms with E-state index in [1.165, 1.54) is 5.56 Å². The standard InChI is InChI=1S/C12H12BrClN2/c13-7-3-4-10-8-15-16(9-10)12-6-2-1-5-11(12)14/h1-2,5-6,8-9H,3-4,7H2. The van der Waals surface area contributed by atoms with Crippen LogP contribution in [0, 0.1) is 0 Å². The van der Waals surface area contributed by atoms with E-state index in [9.17, 15) is 0 Å². The number of aromatic nitrogens is 2. The fourth-order valence-corrected chi connectivity index (χ4v) is 2.03. The first-order valence-electron chi connectivity index (χ1n) is 5.15. The van der Waals surface area contributed by atoms with Crippen LogP contribution >= 0.6 is 27.5 Å². The Balaban J connectivity index is 2.22. The van der Waals surface area contributed by atoms with E-state index in [2.05, 4.69) is 21.0 Å². The molecule has 2 aromatic rings. The Bertz CT molecular complexity index is 468. The van der Waals surface area contributed by atoms with E-state index in [0.717, 1.165) is 28.9 Å². The maximum atomic E-state index is 6.10. The van der Waals surface area contributed by atoms with Crippen molar-refractivity contribution in [2.75, 3.05) is 5.33 Å². The van der Waals surface area contributed by atoms with Gasteiger partial charge >= 0.3 is 0 Å². The van der Waals surface area contributed by atoms with Crippen molar-refractivity contribution in [2.24, 2.45) is 0 Å². The molecule has 0 saturated carbocycles. The molecule has 4 heteroatoms. The molecule has 1 aromatic heterocycles. The average molecular weight is 300 g/mol. The van der Waals surface area contributed by atoms with Crippen LogP contribution in [0.25, 0.3) is 5.69 Å². The predicted molar refractivity (Wildman–Crippen MR) is 70.7 cm³/mol. The molecule has 0 bridgehead atoms. The minimum Gasteiger partial charge on any atom is -0.239 e. The maximum Gasteiger partial charge on any atom is 0.0831 e. The van der Waals surface area contributed by atoms with Crippen molar-refractivity contribution < 1.29 is 0 Å². The fraction of sp³-hybridized carbons (Fsp3) is 0.250. The lowest BCUT2D eigenvalue weighted by molar-refractivity contribution is 0.878. The molecule has 1 heterocycles. The molecular formula is C12H12BrClN2. The van der Waals surface area contributed by atoms with Crippen molar-refractivity contribution in [3.8, 4) is 5.69 Å². The summed E-state index contributed by atoms with van der Waals surface area (Å²) in [5.41, 5.74) is 2.16. The van der Waals surface area contributed by atoms with Crippen molar-refractivity contribution >= 4 is 27.5 Å². The van der Waals surface area contributed by atoms with E-state index in [1.54, 1.807) is 0 Å². The molecule has 1 aromatic carbocycles. The van der Waals surface area contributed by atoms with Gasteiger partial charge in [0.05, 0.1) is 16.9 Å². The van der Waals surface area contributed by atoms with Crippen LogP contribution in [0.15, 0.2) is 36.7 Å². The number of benzene rings is 1. The molecule has 0 N–H and O–H groups in total. The molecule has 0 amide bonds. The van der Waals surface area contributed by atoms with E-state index in [0.29, 0.717) is 0 Å². The van der Waals surface area contributed by atoms with Gasteiger partial charge in [-0.1, -0.05) is 39.7 Å². The number of alkyl halides is 1. The Morgan fingerprint density at radius 2 is 2.12 bits per heavy atom. The van der Waals surface area contributed by atoms with Crippen LogP contribution in [-0.2, 0) is 6.42 Å². The van der Waals surface area contributed by atoms with Crippen molar-refractivity contribution in [2.45, 2.75) is 12.8 Å². The SMILES string of the molecule is Clc1ccccc1-n1cc(CCCBr)cn1. The Morgan fingerprint density at radius 1 is 1.31 bits per heavy atom. The van der Waals surface area contributed by atoms with Gasteiger partial charge in [0.25, 0.3) is 0 Å². The van der Waals surface area contributed by atoms with Crippen LogP contribution in [0.3, 0.4) is 0 Å². The Morgan fingerprint density at radius 3 is 2.88 bits per heavy atom. The van der Waals surface area contributed by atoms with Gasteiger partial charge in [0.1, 0.15) is 0 Å². The molecule has 0 aliphatic carbocycles. The van der Waals surface area contributed by atoms with Crippen LogP contribution < -0.4 is 0 Å². The van der Waals surface area contributed by atoms with E-state index >= 15 is 0 Å². The lowest BCUT2D eigenvalue weighted by Crippen LogP contribution is -1.94. The molecule has 0 aliphatic heterocycles. The molecule has 84 valence electrons. The van der Waals surface area contributed by atoms with Crippen LogP contribution in [0.2, 0.25) is 5.02 Å². The number of aryl methyl sites for hydroxylation is 1. The number of hydrogen-bond donors (Lipinski definition) is 0. The van der Waals surface area contributed by atoms with Gasteiger partial charge in [-0.05, 0) is 30.5 Å². The Labute approximate surface area is 108 Å². The monoisotopic (exact) mass is 298 g/mol. The third-order valence-corrected chi connectivity index (χ3v) is 3.21. The summed E-state index contributed by atoms with van der Waals surface area (Å²) in [7, 11) is 0. The number of halogens is 2. The summed E-state index contributed by atoms with van der Waals surface area (Å²) >= 11 is 9.53. The van der Waals surface area contributed by atoms with Crippen LogP contribution in [0.5, 0.6) is 0 Å². The zero-order valence-electron chi connectivity index (χ0n) is 8.74. The van der Waals surface area contributed by atoms with Gasteiger partial charge in [0.2, 0.25) is 0 Å². The highest BCUT2D eigenvalue weighted by atomic mass is 79.9. The molecule has 0 fully saturated rings. The highest BCUT2D eigenvalue weighted by molar-refractivity contribution is 9.09. The predicted octanol–water partition coefficient (Wildman–Crippen LogP) is 3.85. The molecule has 2 nitrogen and oxygen atoms in total. The fourth-order valence-electron chi connectivity index (χ4n) is 1.53. The first-order chi connectivity index (χ1) is 7.81. The first kappa shape index (κ1) is 11.7. The van der Waals surface area contributed by atoms with Gasteiger partial charge in [-0.2, -0.15) is 5.10 Å². The van der Waals surface area contributed by atoms with E-state index in [-0.39, 0.29) is 0 Å². The van der Waals surface area contributed by atoms with Crippen LogP contribution in [0.1, 0.15) is 12.0 Å². The highest BCUT2D eigenvalue weighted by Crippen LogP contribution is 2.19. The molecular weight excluding hydrogens is 288 g/mol. The second kappa shape index (κ2) is 5.51. The smallest absolute Gasteiger partial charge is 0.0831 e. The minimum atomic E-state index is 0.720. The van der Waals surface area contributed by atoms with Crippen LogP contribution in [0.4, 0.5) is 0 Å². The number of rotatable bonds is 4. The van der Waals surface area contributed by atoms with Gasteiger partial charge < -0.3 is 0 Å². The molecule has 2 rings (SSSR count). The van der Waals surface area contributed by atoms with Gasteiger partial charge in [-0.3, -0.25) is 0 Å². The number of para-hydroxylation sites is 1. The number of hydrogen-bond acceptors (Lipinski definition) is 1. The quantitative estimate of drug-likeness (QED) is 0.784. The summed E-state index contributed by atoms with van der Waals surface area (Å²) in [5, 5.41) is 6.06. The van der Waals surface area contributed by atoms with E-state index in [4.69, 9.17) is 11.6 Å². The summed E-state index contributed by atoms with van der Waals surface area (Å²) in [6.45, 7) is 0. The summed E-state index contributed by atoms with van der Waals surface area (Å²) in [6.07, 6.45) is 6.08. The third kappa shape index (κ3) is 2.66. The average Bonchev–Trinajstić information content (AvgIpc) is 2.75. The van der Waals surface area contributed by atoms with E-state index < -0.39 is 0 Å². The molecule has 0 aliphatic rings. The second-order valence-electron chi connectivity index (χ2n) is 3.54. The van der Waals surface area contributed by atoms with Gasteiger partial charge in [-0.15, -0.1) is 0 Å². The van der Waals surface area contributed by atoms with Crippen molar-refractivity contribution in [3.05, 3.63) is 47.2 Å².